The van der Waals surface area contributed by atoms with E-state index in [0.29, 0.717) is 11.4 Å². The van der Waals surface area contributed by atoms with Crippen molar-refractivity contribution < 1.29 is 21.1 Å². The Morgan fingerprint density at radius 2 is 1.73 bits per heavy atom. The fourth-order valence-corrected chi connectivity index (χ4v) is 0.949. The molecule has 0 fully saturated rings. The first kappa shape index (κ1) is 11.1. The Hall–Kier alpha value is 0.0883. The van der Waals surface area contributed by atoms with E-state index < -0.39 is 0 Å². The molecule has 0 atom stereocenters. The molecule has 0 aromatic heterocycles. The van der Waals surface area contributed by atoms with Gasteiger partial charge in [-0.05, 0) is 12.1 Å². The number of halogens is 2. The van der Waals surface area contributed by atoms with Crippen LogP contribution in [0.4, 0.5) is 11.4 Å². The summed E-state index contributed by atoms with van der Waals surface area (Å²) in [5, 5.41) is 0. The van der Waals surface area contributed by atoms with Gasteiger partial charge in [-0.25, -0.2) is 0 Å². The van der Waals surface area contributed by atoms with Crippen molar-refractivity contribution in [1.82, 2.24) is 0 Å². The Morgan fingerprint density at radius 1 is 1.18 bits per heavy atom. The summed E-state index contributed by atoms with van der Waals surface area (Å²) in [5.74, 6) is 0. The third-order valence-corrected chi connectivity index (χ3v) is 1.48. The van der Waals surface area contributed by atoms with Gasteiger partial charge in [-0.1, -0.05) is 12.1 Å². The van der Waals surface area contributed by atoms with Crippen LogP contribution in [0, 0.1) is 0 Å². The molecule has 1 aromatic rings. The molecule has 0 spiro atoms. The van der Waals surface area contributed by atoms with E-state index in [-0.39, 0.29) is 21.1 Å². The van der Waals surface area contributed by atoms with E-state index in [9.17, 15) is 0 Å². The molecule has 0 saturated heterocycles. The minimum Gasteiger partial charge on any atom is -0.397 e. The molecule has 1 rings (SSSR count). The SMILES string of the molecule is Nc1ccccc1N(Cl)Cl.[Pt]. The van der Waals surface area contributed by atoms with E-state index in [1.165, 1.54) is 0 Å². The van der Waals surface area contributed by atoms with Crippen molar-refractivity contribution >= 4 is 34.9 Å². The Bertz CT molecular complexity index is 230. The van der Waals surface area contributed by atoms with Crippen LogP contribution in [0.15, 0.2) is 24.3 Å². The van der Waals surface area contributed by atoms with Gasteiger partial charge < -0.3 is 5.73 Å². The predicted molar refractivity (Wildman–Crippen MR) is 45.0 cm³/mol. The number of anilines is 2. The molecule has 0 unspecified atom stereocenters. The number of para-hydroxylation sites is 2. The van der Waals surface area contributed by atoms with Crippen LogP contribution in [0.1, 0.15) is 0 Å². The molecular weight excluding hydrogens is 366 g/mol. The number of nitrogens with two attached hydrogens (primary N) is 1. The van der Waals surface area contributed by atoms with Gasteiger partial charge in [-0.3, -0.25) is 0 Å². The largest absolute Gasteiger partial charge is 0.397 e. The molecular formula is C6H6Cl2N2Pt. The maximum absolute atomic E-state index is 5.51. The first-order valence-corrected chi connectivity index (χ1v) is 3.35. The second-order valence-corrected chi connectivity index (χ2v) is 2.64. The van der Waals surface area contributed by atoms with Gasteiger partial charge in [0, 0.05) is 44.6 Å². The molecule has 0 heterocycles. The number of nitrogens with zero attached hydrogens (tertiary/aromatic N) is 1. The molecule has 11 heavy (non-hydrogen) atoms. The van der Waals surface area contributed by atoms with Gasteiger partial charge in [0.15, 0.2) is 0 Å². The van der Waals surface area contributed by atoms with Crippen molar-refractivity contribution in [2.75, 3.05) is 9.67 Å². The Balaban J connectivity index is 0.000001000. The van der Waals surface area contributed by atoms with Crippen LogP contribution in [0.5, 0.6) is 0 Å². The summed E-state index contributed by atoms with van der Waals surface area (Å²) in [4.78, 5) is 0. The number of hydrogen-bond acceptors (Lipinski definition) is 2. The van der Waals surface area contributed by atoms with Gasteiger partial charge in [0.25, 0.3) is 0 Å². The van der Waals surface area contributed by atoms with Crippen LogP contribution in [0.2, 0.25) is 0 Å². The summed E-state index contributed by atoms with van der Waals surface area (Å²) in [7, 11) is 0. The molecule has 2 nitrogen and oxygen atoms in total. The molecule has 0 aliphatic carbocycles. The van der Waals surface area contributed by atoms with Gasteiger partial charge in [-0.15, -0.1) is 0 Å². The van der Waals surface area contributed by atoms with Crippen LogP contribution in [0.25, 0.3) is 0 Å². The topological polar surface area (TPSA) is 29.3 Å². The van der Waals surface area contributed by atoms with E-state index >= 15 is 0 Å². The Labute approximate surface area is 89.7 Å². The Morgan fingerprint density at radius 3 is 2.09 bits per heavy atom. The van der Waals surface area contributed by atoms with Gasteiger partial charge in [0.05, 0.1) is 11.4 Å². The molecule has 0 aliphatic rings. The van der Waals surface area contributed by atoms with E-state index in [1.807, 2.05) is 12.1 Å². The van der Waals surface area contributed by atoms with Gasteiger partial charge in [0.1, 0.15) is 0 Å². The maximum atomic E-state index is 5.51. The fourth-order valence-electron chi connectivity index (χ4n) is 0.641. The van der Waals surface area contributed by atoms with E-state index in [1.54, 1.807) is 12.1 Å². The van der Waals surface area contributed by atoms with Crippen molar-refractivity contribution in [2.45, 2.75) is 0 Å². The summed E-state index contributed by atoms with van der Waals surface area (Å²) < 4.78 is 0.940. The number of rotatable bonds is 1. The van der Waals surface area contributed by atoms with Gasteiger partial charge in [-0.2, -0.15) is 3.94 Å². The normalized spacial score (nSPS) is 8.55. The first-order valence-electron chi connectivity index (χ1n) is 2.68. The maximum Gasteiger partial charge on any atom is 0.0939 e. The van der Waals surface area contributed by atoms with E-state index in [0.717, 1.165) is 3.94 Å². The fraction of sp³-hybridized carbons (Fsp3) is 0. The number of benzene rings is 1. The van der Waals surface area contributed by atoms with Crippen molar-refractivity contribution in [3.05, 3.63) is 24.3 Å². The van der Waals surface area contributed by atoms with Crippen LogP contribution in [0.3, 0.4) is 0 Å². The third kappa shape index (κ3) is 2.90. The molecule has 0 aliphatic heterocycles. The molecule has 0 amide bonds. The summed E-state index contributed by atoms with van der Waals surface area (Å²) in [6.07, 6.45) is 0. The molecule has 2 N–H and O–H groups in total. The van der Waals surface area contributed by atoms with Crippen LogP contribution < -0.4 is 9.67 Å². The predicted octanol–water partition coefficient (Wildman–Crippen LogP) is 2.38. The van der Waals surface area contributed by atoms with Crippen molar-refractivity contribution in [3.63, 3.8) is 0 Å². The van der Waals surface area contributed by atoms with Crippen LogP contribution in [-0.2, 0) is 21.1 Å². The summed E-state index contributed by atoms with van der Waals surface area (Å²) in [6.45, 7) is 0. The van der Waals surface area contributed by atoms with Crippen molar-refractivity contribution in [3.8, 4) is 0 Å². The van der Waals surface area contributed by atoms with Crippen molar-refractivity contribution in [2.24, 2.45) is 0 Å². The van der Waals surface area contributed by atoms with E-state index in [4.69, 9.17) is 29.3 Å². The smallest absolute Gasteiger partial charge is 0.0939 e. The number of hydrogen-bond donors (Lipinski definition) is 1. The summed E-state index contributed by atoms with van der Waals surface area (Å²) in [6, 6.07) is 7.09. The molecule has 0 radical (unpaired) electrons. The van der Waals surface area contributed by atoms with E-state index in [2.05, 4.69) is 0 Å². The molecule has 1 aromatic carbocycles. The first-order chi connectivity index (χ1) is 4.72. The standard InChI is InChI=1S/C6H6Cl2N2.Pt/c7-10(8)6-4-2-1-3-5(6)9;/h1-4H,9H2;. The average Bonchev–Trinajstić information content (AvgIpc) is 1.88. The molecule has 0 saturated carbocycles. The van der Waals surface area contributed by atoms with Crippen LogP contribution in [-0.4, -0.2) is 0 Å². The number of nitrogen functional groups attached to an aromatic ring is 1. The summed E-state index contributed by atoms with van der Waals surface area (Å²) in [5.41, 5.74) is 6.68. The minimum absolute atomic E-state index is 0. The van der Waals surface area contributed by atoms with Gasteiger partial charge in [0.2, 0.25) is 0 Å². The Kier molecular flexibility index (Phi) is 4.90. The van der Waals surface area contributed by atoms with Crippen LogP contribution >= 0.6 is 23.6 Å². The average molecular weight is 372 g/mol. The second-order valence-electron chi connectivity index (χ2n) is 1.79. The quantitative estimate of drug-likeness (QED) is 0.606. The third-order valence-electron chi connectivity index (χ3n) is 1.12. The van der Waals surface area contributed by atoms with Crippen molar-refractivity contribution in [1.29, 1.82) is 0 Å². The molecule has 5 heteroatoms. The monoisotopic (exact) mass is 371 g/mol. The van der Waals surface area contributed by atoms with Gasteiger partial charge >= 0.3 is 0 Å². The molecule has 64 valence electrons. The minimum atomic E-state index is 0. The summed E-state index contributed by atoms with van der Waals surface area (Å²) >= 11 is 10.9. The zero-order valence-corrected chi connectivity index (χ0v) is 9.19. The zero-order valence-electron chi connectivity index (χ0n) is 5.41. The molecule has 0 bridgehead atoms. The zero-order chi connectivity index (χ0) is 7.56. The second kappa shape index (κ2) is 4.86.